The lowest BCUT2D eigenvalue weighted by molar-refractivity contribution is -0.136. The first-order chi connectivity index (χ1) is 27.4. The summed E-state index contributed by atoms with van der Waals surface area (Å²) in [5, 5.41) is 18.4. The lowest BCUT2D eigenvalue weighted by Crippen LogP contribution is -2.19. The Morgan fingerprint density at radius 2 is 0.948 bits per heavy atom. The molecule has 1 atom stereocenters. The van der Waals surface area contributed by atoms with Crippen LogP contribution in [-0.4, -0.2) is 40.2 Å². The van der Waals surface area contributed by atoms with Gasteiger partial charge in [0.2, 0.25) is 44.7 Å². The molecule has 308 valence electrons. The van der Waals surface area contributed by atoms with E-state index in [1.54, 1.807) is 32.9 Å². The minimum atomic E-state index is -0.810. The number of carbonyl (C=O) groups is 4. The summed E-state index contributed by atoms with van der Waals surface area (Å²) >= 11 is 0. The van der Waals surface area contributed by atoms with Crippen LogP contribution in [0.1, 0.15) is 67.0 Å². The number of ether oxygens (including phenoxy) is 4. The molecule has 0 aliphatic heterocycles. The van der Waals surface area contributed by atoms with Crippen LogP contribution in [0, 0.1) is 27.7 Å². The smallest absolute Gasteiger partial charge is 0.347 e. The van der Waals surface area contributed by atoms with Crippen molar-refractivity contribution in [2.45, 2.75) is 67.4 Å². The maximum atomic E-state index is 11.8. The fourth-order valence-corrected chi connectivity index (χ4v) is 4.01. The van der Waals surface area contributed by atoms with E-state index in [1.807, 2.05) is 0 Å². The number of aryl methyl sites for hydroxylation is 4. The van der Waals surface area contributed by atoms with Crippen molar-refractivity contribution in [3.8, 4) is 28.7 Å². The molecule has 0 spiro atoms. The standard InChI is InChI=1S/C13H10O5.C10H12O5.C9H10O4.C8H8O4/c1-8-12(11(15)6-7-17-8)18-13(16)9-4-2-3-5-10(9)14;1-6(11)5-9(13)15-10-7(2)14-4-3-8(10)12;1-3-8(11)13-9-6(2)12-5-4-7(9)10;1-5-8(12-6(2)9)7(10)3-4-11-5/h2-7,14H,1H3;3-4,6,11H,5H2,1-2H3;4-5H,3H2,1-2H3;3-4H,1-2H3. The van der Waals surface area contributed by atoms with Crippen LogP contribution >= 0.6 is 0 Å². The Morgan fingerprint density at radius 1 is 0.586 bits per heavy atom. The summed E-state index contributed by atoms with van der Waals surface area (Å²) in [5.41, 5.74) is -1.58. The van der Waals surface area contributed by atoms with Crippen molar-refractivity contribution < 1.29 is 66.0 Å². The number of phenolic OH excluding ortho intramolecular Hbond substituents is 1. The lowest BCUT2D eigenvalue weighted by atomic mass is 10.2. The highest BCUT2D eigenvalue weighted by molar-refractivity contribution is 5.93. The number of carbonyl (C=O) groups excluding carboxylic acids is 4. The third kappa shape index (κ3) is 15.1. The predicted molar refractivity (Wildman–Crippen MR) is 201 cm³/mol. The highest BCUT2D eigenvalue weighted by Gasteiger charge is 2.17. The summed E-state index contributed by atoms with van der Waals surface area (Å²) in [7, 11) is 0. The number of rotatable bonds is 8. The molecule has 0 bridgehead atoms. The van der Waals surface area contributed by atoms with E-state index in [-0.39, 0.29) is 69.5 Å². The van der Waals surface area contributed by atoms with Crippen LogP contribution in [-0.2, 0) is 14.4 Å². The third-order valence-corrected chi connectivity index (χ3v) is 6.78. The first-order valence-corrected chi connectivity index (χ1v) is 17.0. The highest BCUT2D eigenvalue weighted by atomic mass is 16.6. The largest absolute Gasteiger partial charge is 0.507 e. The molecule has 2 N–H and O–H groups in total. The number of aromatic hydroxyl groups is 1. The van der Waals surface area contributed by atoms with Gasteiger partial charge in [-0.2, -0.15) is 0 Å². The first-order valence-electron chi connectivity index (χ1n) is 17.0. The molecule has 0 radical (unpaired) electrons. The maximum Gasteiger partial charge on any atom is 0.347 e. The van der Waals surface area contributed by atoms with Crippen LogP contribution < -0.4 is 40.7 Å². The molecule has 18 nitrogen and oxygen atoms in total. The Bertz CT molecular complexity index is 2430. The van der Waals surface area contributed by atoms with Gasteiger partial charge in [0.05, 0.1) is 37.6 Å². The van der Waals surface area contributed by atoms with Gasteiger partial charge in [0.25, 0.3) is 0 Å². The van der Waals surface area contributed by atoms with Crippen LogP contribution in [0.2, 0.25) is 0 Å². The van der Waals surface area contributed by atoms with Crippen molar-refractivity contribution in [3.05, 3.63) is 143 Å². The van der Waals surface area contributed by atoms with Crippen molar-refractivity contribution in [1.29, 1.82) is 0 Å². The summed E-state index contributed by atoms with van der Waals surface area (Å²) in [6.07, 6.45) is 4.24. The number of hydrogen-bond acceptors (Lipinski definition) is 18. The Morgan fingerprint density at radius 3 is 1.29 bits per heavy atom. The molecule has 0 fully saturated rings. The Labute approximate surface area is 328 Å². The van der Waals surface area contributed by atoms with Crippen LogP contribution in [0.25, 0.3) is 0 Å². The molecular weight excluding hydrogens is 768 g/mol. The van der Waals surface area contributed by atoms with E-state index >= 15 is 0 Å². The van der Waals surface area contributed by atoms with Gasteiger partial charge in [-0.15, -0.1) is 0 Å². The van der Waals surface area contributed by atoms with E-state index in [9.17, 15) is 43.5 Å². The SMILES string of the molecule is CC(=O)Oc1c(C)occc1=O.CCC(=O)Oc1c(C)occc1=O.Cc1occc(=O)c1OC(=O)CC(C)O.Cc1occc(=O)c1OC(=O)c1ccccc1O. The molecule has 5 aromatic rings. The van der Waals surface area contributed by atoms with Crippen LogP contribution in [0.15, 0.2) is 110 Å². The number of para-hydroxylation sites is 1. The molecule has 1 unspecified atom stereocenters. The van der Waals surface area contributed by atoms with E-state index in [4.69, 9.17) is 37.0 Å². The van der Waals surface area contributed by atoms with E-state index in [2.05, 4.69) is 4.74 Å². The van der Waals surface area contributed by atoms with E-state index < -0.39 is 40.8 Å². The lowest BCUT2D eigenvalue weighted by Gasteiger charge is -2.06. The van der Waals surface area contributed by atoms with Gasteiger partial charge in [-0.3, -0.25) is 33.6 Å². The number of aliphatic hydroxyl groups excluding tert-OH is 1. The summed E-state index contributed by atoms with van der Waals surface area (Å²) < 4.78 is 38.8. The third-order valence-electron chi connectivity index (χ3n) is 6.78. The van der Waals surface area contributed by atoms with Gasteiger partial charge in [0.15, 0.2) is 0 Å². The average Bonchev–Trinajstić information content (AvgIpc) is 3.15. The van der Waals surface area contributed by atoms with Crippen molar-refractivity contribution in [3.63, 3.8) is 0 Å². The van der Waals surface area contributed by atoms with E-state index in [0.29, 0.717) is 11.5 Å². The Kier molecular flexibility index (Phi) is 18.5. The van der Waals surface area contributed by atoms with Gasteiger partial charge >= 0.3 is 23.9 Å². The zero-order chi connectivity index (χ0) is 43.5. The highest BCUT2D eigenvalue weighted by Crippen LogP contribution is 2.19. The molecule has 0 aliphatic carbocycles. The number of benzene rings is 1. The monoisotopic (exact) mass is 808 g/mol. The predicted octanol–water partition coefficient (Wildman–Crippen LogP) is 4.63. The minimum absolute atomic E-state index is 0.0137. The second kappa shape index (κ2) is 22.9. The summed E-state index contributed by atoms with van der Waals surface area (Å²) in [6, 6.07) is 10.6. The van der Waals surface area contributed by atoms with Crippen LogP contribution in [0.5, 0.6) is 28.7 Å². The molecule has 0 aliphatic rings. The van der Waals surface area contributed by atoms with Gasteiger partial charge in [0, 0.05) is 37.6 Å². The second-order valence-electron chi connectivity index (χ2n) is 11.5. The average molecular weight is 809 g/mol. The second-order valence-corrected chi connectivity index (χ2v) is 11.5. The van der Waals surface area contributed by atoms with Gasteiger partial charge in [-0.05, 0) is 46.8 Å². The van der Waals surface area contributed by atoms with Crippen LogP contribution in [0.3, 0.4) is 0 Å². The van der Waals surface area contributed by atoms with Crippen molar-refractivity contribution in [2.24, 2.45) is 0 Å². The van der Waals surface area contributed by atoms with Crippen molar-refractivity contribution >= 4 is 23.9 Å². The number of hydrogen-bond donors (Lipinski definition) is 2. The fourth-order valence-electron chi connectivity index (χ4n) is 4.01. The van der Waals surface area contributed by atoms with Gasteiger partial charge < -0.3 is 46.8 Å². The van der Waals surface area contributed by atoms with Gasteiger partial charge in [0.1, 0.15) is 34.4 Å². The number of phenols is 1. The first kappa shape index (κ1) is 46.8. The van der Waals surface area contributed by atoms with E-state index in [0.717, 1.165) is 12.1 Å². The summed E-state index contributed by atoms with van der Waals surface area (Å²) in [5.74, 6) is -1.95. The van der Waals surface area contributed by atoms with Gasteiger partial charge in [-0.1, -0.05) is 19.1 Å². The molecule has 58 heavy (non-hydrogen) atoms. The Balaban J connectivity index is 0.000000270. The molecular formula is C40H40O18. The number of esters is 4. The Hall–Kier alpha value is -7.34. The summed E-state index contributed by atoms with van der Waals surface area (Å²) in [6.45, 7) is 10.5. The summed E-state index contributed by atoms with van der Waals surface area (Å²) in [4.78, 5) is 89.3. The molecule has 0 saturated carbocycles. The molecule has 4 aromatic heterocycles. The molecule has 4 heterocycles. The minimum Gasteiger partial charge on any atom is -0.507 e. The zero-order valence-electron chi connectivity index (χ0n) is 32.3. The fraction of sp³-hybridized carbons (Fsp3) is 0.250. The van der Waals surface area contributed by atoms with Crippen LogP contribution in [0.4, 0.5) is 0 Å². The molecule has 0 saturated heterocycles. The maximum absolute atomic E-state index is 11.8. The number of aliphatic hydroxyl groups is 1. The molecule has 5 rings (SSSR count). The quantitative estimate of drug-likeness (QED) is 0.202. The molecule has 18 heteroatoms. The normalized spacial score (nSPS) is 10.4. The van der Waals surface area contributed by atoms with Gasteiger partial charge in [-0.25, -0.2) is 4.79 Å². The topological polar surface area (TPSA) is 266 Å². The van der Waals surface area contributed by atoms with E-state index in [1.165, 1.54) is 77.0 Å². The zero-order valence-corrected chi connectivity index (χ0v) is 32.3. The molecule has 0 amide bonds. The van der Waals surface area contributed by atoms with Crippen molar-refractivity contribution in [2.75, 3.05) is 0 Å². The molecule has 1 aromatic carbocycles. The van der Waals surface area contributed by atoms with Crippen molar-refractivity contribution in [1.82, 2.24) is 0 Å².